The average Bonchev–Trinajstić information content (AvgIpc) is 2.74. The van der Waals surface area contributed by atoms with Gasteiger partial charge in [-0.25, -0.2) is 4.79 Å². The first-order chi connectivity index (χ1) is 9.11. The first-order valence-electron chi connectivity index (χ1n) is 5.58. The fourth-order valence-electron chi connectivity index (χ4n) is 1.61. The van der Waals surface area contributed by atoms with E-state index in [1.807, 2.05) is 24.3 Å². The van der Waals surface area contributed by atoms with Gasteiger partial charge in [-0.15, -0.1) is 11.3 Å². The molecule has 0 unspecified atom stereocenters. The SMILES string of the molecule is COC(=O)C=Cc1sc2ccccc2c1OC(C)=O. The number of carbonyl (C=O) groups excluding carboxylic acids is 2. The maximum atomic E-state index is 11.2. The summed E-state index contributed by atoms with van der Waals surface area (Å²) in [6, 6.07) is 7.59. The van der Waals surface area contributed by atoms with Crippen molar-refractivity contribution < 1.29 is 19.1 Å². The number of methoxy groups -OCH3 is 1. The van der Waals surface area contributed by atoms with E-state index in [4.69, 9.17) is 4.74 Å². The van der Waals surface area contributed by atoms with Crippen molar-refractivity contribution in [3.05, 3.63) is 35.2 Å². The lowest BCUT2D eigenvalue weighted by Crippen LogP contribution is -2.01. The molecule has 2 aromatic rings. The number of rotatable bonds is 3. The van der Waals surface area contributed by atoms with Crippen molar-refractivity contribution in [3.8, 4) is 5.75 Å². The second-order valence-electron chi connectivity index (χ2n) is 3.74. The van der Waals surface area contributed by atoms with Crippen molar-refractivity contribution >= 4 is 39.4 Å². The molecule has 0 amide bonds. The average molecular weight is 276 g/mol. The van der Waals surface area contributed by atoms with E-state index in [1.54, 1.807) is 6.08 Å². The molecule has 2 rings (SSSR count). The Labute approximate surface area is 114 Å². The second kappa shape index (κ2) is 5.67. The van der Waals surface area contributed by atoms with Crippen LogP contribution in [0, 0.1) is 0 Å². The number of hydrogen-bond donors (Lipinski definition) is 0. The highest BCUT2D eigenvalue weighted by Gasteiger charge is 2.13. The largest absolute Gasteiger partial charge is 0.466 e. The Bertz CT molecular complexity index is 655. The third kappa shape index (κ3) is 3.00. The van der Waals surface area contributed by atoms with E-state index in [9.17, 15) is 9.59 Å². The van der Waals surface area contributed by atoms with Crippen LogP contribution in [0.3, 0.4) is 0 Å². The van der Waals surface area contributed by atoms with Gasteiger partial charge in [0.1, 0.15) is 0 Å². The van der Waals surface area contributed by atoms with Gasteiger partial charge in [-0.2, -0.15) is 0 Å². The quantitative estimate of drug-likeness (QED) is 0.638. The zero-order valence-corrected chi connectivity index (χ0v) is 11.3. The maximum Gasteiger partial charge on any atom is 0.330 e. The van der Waals surface area contributed by atoms with Crippen LogP contribution < -0.4 is 4.74 Å². The van der Waals surface area contributed by atoms with Crippen molar-refractivity contribution in [1.29, 1.82) is 0 Å². The van der Waals surface area contributed by atoms with Crippen LogP contribution in [0.4, 0.5) is 0 Å². The van der Waals surface area contributed by atoms with Gasteiger partial charge in [0.05, 0.1) is 12.0 Å². The van der Waals surface area contributed by atoms with Crippen molar-refractivity contribution in [3.63, 3.8) is 0 Å². The summed E-state index contributed by atoms with van der Waals surface area (Å²) in [4.78, 5) is 23.0. The maximum absolute atomic E-state index is 11.2. The van der Waals surface area contributed by atoms with E-state index in [-0.39, 0.29) is 0 Å². The molecule has 0 radical (unpaired) electrons. The number of hydrogen-bond acceptors (Lipinski definition) is 5. The molecule has 19 heavy (non-hydrogen) atoms. The molecule has 0 N–H and O–H groups in total. The van der Waals surface area contributed by atoms with E-state index in [0.717, 1.165) is 10.1 Å². The lowest BCUT2D eigenvalue weighted by molar-refractivity contribution is -0.134. The van der Waals surface area contributed by atoms with Gasteiger partial charge in [0.25, 0.3) is 0 Å². The lowest BCUT2D eigenvalue weighted by Gasteiger charge is -2.00. The predicted molar refractivity (Wildman–Crippen MR) is 74.2 cm³/mol. The smallest absolute Gasteiger partial charge is 0.330 e. The second-order valence-corrected chi connectivity index (χ2v) is 4.83. The molecule has 0 bridgehead atoms. The van der Waals surface area contributed by atoms with Gasteiger partial charge >= 0.3 is 11.9 Å². The Morgan fingerprint density at radius 2 is 2.00 bits per heavy atom. The first-order valence-corrected chi connectivity index (χ1v) is 6.39. The minimum Gasteiger partial charge on any atom is -0.466 e. The van der Waals surface area contributed by atoms with Crippen molar-refractivity contribution in [2.75, 3.05) is 7.11 Å². The van der Waals surface area contributed by atoms with Crippen LogP contribution in [0.1, 0.15) is 11.8 Å². The summed E-state index contributed by atoms with van der Waals surface area (Å²) in [7, 11) is 1.31. The molecule has 5 heteroatoms. The fraction of sp³-hybridized carbons (Fsp3) is 0.143. The highest BCUT2D eigenvalue weighted by Crippen LogP contribution is 2.38. The molecular formula is C14H12O4S. The molecule has 0 fully saturated rings. The normalized spacial score (nSPS) is 10.8. The number of benzene rings is 1. The van der Waals surface area contributed by atoms with Crippen molar-refractivity contribution in [1.82, 2.24) is 0 Å². The molecule has 0 spiro atoms. The topological polar surface area (TPSA) is 52.6 Å². The zero-order chi connectivity index (χ0) is 13.8. The van der Waals surface area contributed by atoms with E-state index in [0.29, 0.717) is 10.6 Å². The molecule has 0 aliphatic heterocycles. The van der Waals surface area contributed by atoms with E-state index in [2.05, 4.69) is 4.74 Å². The molecule has 0 aliphatic rings. The summed E-state index contributed by atoms with van der Waals surface area (Å²) in [5.41, 5.74) is 0. The lowest BCUT2D eigenvalue weighted by atomic mass is 10.2. The number of ether oxygens (including phenoxy) is 2. The van der Waals surface area contributed by atoms with Crippen LogP contribution in [0.15, 0.2) is 30.3 Å². The third-order valence-corrected chi connectivity index (χ3v) is 3.51. The number of esters is 2. The zero-order valence-electron chi connectivity index (χ0n) is 10.5. The van der Waals surface area contributed by atoms with Crippen LogP contribution in [0.2, 0.25) is 0 Å². The Balaban J connectivity index is 2.49. The molecule has 4 nitrogen and oxygen atoms in total. The number of thiophene rings is 1. The van der Waals surface area contributed by atoms with Crippen molar-refractivity contribution in [2.24, 2.45) is 0 Å². The molecule has 0 saturated carbocycles. The fourth-order valence-corrected chi connectivity index (χ4v) is 2.65. The van der Waals surface area contributed by atoms with Gasteiger partial charge in [0, 0.05) is 23.1 Å². The van der Waals surface area contributed by atoms with Crippen LogP contribution in [0.25, 0.3) is 16.2 Å². The van der Waals surface area contributed by atoms with Crippen LogP contribution in [0.5, 0.6) is 5.75 Å². The highest BCUT2D eigenvalue weighted by molar-refractivity contribution is 7.20. The summed E-state index contributed by atoms with van der Waals surface area (Å²) in [6.45, 7) is 1.35. The third-order valence-electron chi connectivity index (χ3n) is 2.39. The number of fused-ring (bicyclic) bond motifs is 1. The van der Waals surface area contributed by atoms with Crippen LogP contribution in [-0.4, -0.2) is 19.0 Å². The summed E-state index contributed by atoms with van der Waals surface area (Å²) in [5.74, 6) is -0.365. The van der Waals surface area contributed by atoms with E-state index in [1.165, 1.54) is 31.4 Å². The van der Waals surface area contributed by atoms with Gasteiger partial charge in [-0.05, 0) is 18.2 Å². The summed E-state index contributed by atoms with van der Waals surface area (Å²) < 4.78 is 10.8. The van der Waals surface area contributed by atoms with Gasteiger partial charge in [-0.3, -0.25) is 4.79 Å². The van der Waals surface area contributed by atoms with Gasteiger partial charge in [0.15, 0.2) is 5.75 Å². The molecule has 1 heterocycles. The summed E-state index contributed by atoms with van der Waals surface area (Å²) >= 11 is 1.45. The number of carbonyl (C=O) groups is 2. The monoisotopic (exact) mass is 276 g/mol. The predicted octanol–water partition coefficient (Wildman–Crippen LogP) is 3.01. The van der Waals surface area contributed by atoms with Crippen molar-refractivity contribution in [2.45, 2.75) is 6.92 Å². The molecule has 0 aliphatic carbocycles. The Morgan fingerprint density at radius 1 is 1.26 bits per heavy atom. The molecular weight excluding hydrogens is 264 g/mol. The minimum absolute atomic E-state index is 0.392. The summed E-state index contributed by atoms with van der Waals surface area (Å²) in [6.07, 6.45) is 2.90. The van der Waals surface area contributed by atoms with Gasteiger partial charge in [0.2, 0.25) is 0 Å². The standard InChI is InChI=1S/C14H12O4S/c1-9(15)18-14-10-5-3-4-6-11(10)19-12(14)7-8-13(16)17-2/h3-8H,1-2H3. The molecule has 0 atom stereocenters. The Hall–Kier alpha value is -2.14. The highest BCUT2D eigenvalue weighted by atomic mass is 32.1. The van der Waals surface area contributed by atoms with Crippen LogP contribution in [-0.2, 0) is 14.3 Å². The van der Waals surface area contributed by atoms with Crippen LogP contribution >= 0.6 is 11.3 Å². The Kier molecular flexibility index (Phi) is 3.97. The molecule has 1 aromatic heterocycles. The molecule has 98 valence electrons. The van der Waals surface area contributed by atoms with Gasteiger partial charge in [-0.1, -0.05) is 12.1 Å². The Morgan fingerprint density at radius 3 is 2.68 bits per heavy atom. The van der Waals surface area contributed by atoms with E-state index < -0.39 is 11.9 Å². The van der Waals surface area contributed by atoms with Gasteiger partial charge < -0.3 is 9.47 Å². The minimum atomic E-state index is -0.453. The molecule has 0 saturated heterocycles. The van der Waals surface area contributed by atoms with E-state index >= 15 is 0 Å². The summed E-state index contributed by atoms with van der Waals surface area (Å²) in [5, 5.41) is 0.854. The first kappa shape index (κ1) is 13.3. The molecule has 1 aromatic carbocycles.